The number of hydrogen-bond acceptors (Lipinski definition) is 5. The summed E-state index contributed by atoms with van der Waals surface area (Å²) in [5, 5.41) is 9.10. The van der Waals surface area contributed by atoms with Crippen LogP contribution < -0.4 is 16.0 Å². The molecule has 4 N–H and O–H groups in total. The normalized spacial score (nSPS) is 22.1. The number of ether oxygens (including phenoxy) is 1. The van der Waals surface area contributed by atoms with Gasteiger partial charge in [0.1, 0.15) is 16.7 Å². The fourth-order valence-electron chi connectivity index (χ4n) is 5.74. The second kappa shape index (κ2) is 10.5. The highest BCUT2D eigenvalue weighted by Crippen LogP contribution is 2.52. The molecule has 2 aliphatic carbocycles. The Bertz CT molecular complexity index is 1550. The molecule has 3 aromatic rings. The Morgan fingerprint density at radius 3 is 2.80 bits per heavy atom. The molecular weight excluding hydrogens is 530 g/mol. The van der Waals surface area contributed by atoms with Crippen molar-refractivity contribution in [1.82, 2.24) is 15.3 Å². The highest BCUT2D eigenvalue weighted by molar-refractivity contribution is 6.32. The Balaban J connectivity index is 1.31. The number of benzene rings is 2. The van der Waals surface area contributed by atoms with E-state index in [1.165, 1.54) is 18.2 Å². The number of aromatic nitrogens is 2. The number of nitrogens with one attached hydrogen (secondary N) is 4. The standard InChI is InChI=1S/C30H30ClN5O4/c1-40-29(39)32-20-11-12-21-22(15-20)33-24(37)8-3-2-4-13-30(28-35-25(21)26(31)36-28)16-23(30)34-27(38)19-10-9-17-6-5-7-18(17)14-19/h2,4,9-12,14-15,23H,3,5-8,13,16H2,1H3,(H,32,39)(H,33,37)(H,34,38)(H,35,36)/b4-2+. The maximum Gasteiger partial charge on any atom is 0.411 e. The molecule has 0 saturated heterocycles. The predicted octanol–water partition coefficient (Wildman–Crippen LogP) is 5.52. The molecule has 0 radical (unpaired) electrons. The van der Waals surface area contributed by atoms with Crippen LogP contribution in [0.2, 0.25) is 5.15 Å². The fraction of sp³-hybridized carbons (Fsp3) is 0.333. The van der Waals surface area contributed by atoms with E-state index >= 15 is 0 Å². The lowest BCUT2D eigenvalue weighted by molar-refractivity contribution is -0.116. The van der Waals surface area contributed by atoms with E-state index in [1.54, 1.807) is 18.2 Å². The van der Waals surface area contributed by atoms with Gasteiger partial charge in [0.2, 0.25) is 5.91 Å². The number of methoxy groups -OCH3 is 1. The molecule has 2 heterocycles. The molecule has 10 heteroatoms. The first kappa shape index (κ1) is 26.1. The average molecular weight is 560 g/mol. The van der Waals surface area contributed by atoms with Crippen molar-refractivity contribution in [3.63, 3.8) is 0 Å². The van der Waals surface area contributed by atoms with Crippen molar-refractivity contribution in [3.05, 3.63) is 76.2 Å². The number of rotatable bonds is 3. The summed E-state index contributed by atoms with van der Waals surface area (Å²) in [6, 6.07) is 11.0. The van der Waals surface area contributed by atoms with Crippen molar-refractivity contribution in [2.45, 2.75) is 56.4 Å². The van der Waals surface area contributed by atoms with Crippen LogP contribution in [0.1, 0.15) is 59.4 Å². The van der Waals surface area contributed by atoms with Gasteiger partial charge in [-0.3, -0.25) is 14.9 Å². The van der Waals surface area contributed by atoms with Gasteiger partial charge >= 0.3 is 6.09 Å². The molecule has 2 unspecified atom stereocenters. The second-order valence-electron chi connectivity index (χ2n) is 10.6. The number of allylic oxidation sites excluding steroid dienone is 2. The van der Waals surface area contributed by atoms with Crippen LogP contribution in [0.25, 0.3) is 11.3 Å². The smallest absolute Gasteiger partial charge is 0.411 e. The summed E-state index contributed by atoms with van der Waals surface area (Å²) in [6.45, 7) is 0. The number of aryl methyl sites for hydroxylation is 2. The predicted molar refractivity (Wildman–Crippen MR) is 153 cm³/mol. The summed E-state index contributed by atoms with van der Waals surface area (Å²) in [5.74, 6) is 0.421. The van der Waals surface area contributed by atoms with E-state index in [1.807, 2.05) is 24.3 Å². The van der Waals surface area contributed by atoms with E-state index in [9.17, 15) is 14.4 Å². The second-order valence-corrected chi connectivity index (χ2v) is 11.0. The lowest BCUT2D eigenvalue weighted by Crippen LogP contribution is -2.31. The van der Waals surface area contributed by atoms with Crippen LogP contribution in [-0.2, 0) is 27.8 Å². The first-order valence-corrected chi connectivity index (χ1v) is 13.9. The number of amides is 3. The molecule has 2 atom stereocenters. The van der Waals surface area contributed by atoms with Crippen LogP contribution in [0.15, 0.2) is 48.6 Å². The third-order valence-corrected chi connectivity index (χ3v) is 8.31. The summed E-state index contributed by atoms with van der Waals surface area (Å²) in [7, 11) is 1.28. The topological polar surface area (TPSA) is 125 Å². The number of carbonyl (C=O) groups is 3. The number of hydrogen-bond donors (Lipinski definition) is 4. The van der Waals surface area contributed by atoms with Crippen LogP contribution in [0, 0.1) is 0 Å². The molecule has 3 aliphatic rings. The van der Waals surface area contributed by atoms with Crippen LogP contribution in [0.3, 0.4) is 0 Å². The highest BCUT2D eigenvalue weighted by Gasteiger charge is 2.57. The number of halogens is 1. The fourth-order valence-corrected chi connectivity index (χ4v) is 5.97. The monoisotopic (exact) mass is 559 g/mol. The molecule has 1 aromatic heterocycles. The van der Waals surface area contributed by atoms with E-state index in [2.05, 4.69) is 31.7 Å². The number of anilines is 2. The minimum absolute atomic E-state index is 0.0906. The molecule has 1 fully saturated rings. The van der Waals surface area contributed by atoms with Crippen LogP contribution >= 0.6 is 11.6 Å². The molecule has 2 aromatic carbocycles. The number of nitrogens with zero attached hydrogens (tertiary/aromatic N) is 1. The number of H-pyrrole nitrogens is 1. The largest absolute Gasteiger partial charge is 0.453 e. The van der Waals surface area contributed by atoms with Gasteiger partial charge in [-0.1, -0.05) is 29.8 Å². The molecular formula is C30H30ClN5O4. The van der Waals surface area contributed by atoms with Gasteiger partial charge in [-0.15, -0.1) is 0 Å². The number of aromatic amines is 1. The average Bonchev–Trinajstić information content (AvgIpc) is 3.23. The number of fused-ring (bicyclic) bond motifs is 6. The number of carbonyl (C=O) groups excluding carboxylic acids is 3. The Labute approximate surface area is 236 Å². The first-order chi connectivity index (χ1) is 19.4. The zero-order valence-corrected chi connectivity index (χ0v) is 22.9. The van der Waals surface area contributed by atoms with E-state index < -0.39 is 11.5 Å². The zero-order chi connectivity index (χ0) is 27.9. The van der Waals surface area contributed by atoms with Crippen LogP contribution in [0.5, 0.6) is 0 Å². The molecule has 206 valence electrons. The number of imidazole rings is 1. The third kappa shape index (κ3) is 4.97. The van der Waals surface area contributed by atoms with Gasteiger partial charge in [0, 0.05) is 29.3 Å². The van der Waals surface area contributed by atoms with Gasteiger partial charge < -0.3 is 20.4 Å². The molecule has 1 saturated carbocycles. The maximum absolute atomic E-state index is 13.2. The van der Waals surface area contributed by atoms with Crippen molar-refractivity contribution in [1.29, 1.82) is 0 Å². The summed E-state index contributed by atoms with van der Waals surface area (Å²) >= 11 is 6.69. The summed E-state index contributed by atoms with van der Waals surface area (Å²) < 4.78 is 4.69. The molecule has 1 spiro atoms. The van der Waals surface area contributed by atoms with Crippen molar-refractivity contribution >= 4 is 40.9 Å². The third-order valence-electron chi connectivity index (χ3n) is 8.04. The zero-order valence-electron chi connectivity index (χ0n) is 22.1. The van der Waals surface area contributed by atoms with Gasteiger partial charge in [-0.25, -0.2) is 9.78 Å². The van der Waals surface area contributed by atoms with Crippen molar-refractivity contribution in [3.8, 4) is 11.3 Å². The van der Waals surface area contributed by atoms with Crippen LogP contribution in [0.4, 0.5) is 16.2 Å². The maximum atomic E-state index is 13.2. The highest BCUT2D eigenvalue weighted by atomic mass is 35.5. The molecule has 40 heavy (non-hydrogen) atoms. The Kier molecular flexibility index (Phi) is 6.83. The lowest BCUT2D eigenvalue weighted by atomic mass is 9.99. The summed E-state index contributed by atoms with van der Waals surface area (Å²) in [6.07, 6.45) is 8.84. The van der Waals surface area contributed by atoms with Gasteiger partial charge in [0.15, 0.2) is 0 Å². The Morgan fingerprint density at radius 1 is 1.10 bits per heavy atom. The lowest BCUT2D eigenvalue weighted by Gasteiger charge is -2.14. The molecule has 1 aliphatic heterocycles. The van der Waals surface area contributed by atoms with E-state index in [4.69, 9.17) is 16.6 Å². The summed E-state index contributed by atoms with van der Waals surface area (Å²) in [4.78, 5) is 45.9. The molecule has 3 amide bonds. The molecule has 2 bridgehead atoms. The SMILES string of the molecule is COC(=O)Nc1ccc2c(c1)NC(=O)CC/C=C/CC1(CC1NC(=O)c1ccc3c(c1)CCC3)c1nc-2c(Cl)[nH]1. The minimum Gasteiger partial charge on any atom is -0.453 e. The molecule has 6 rings (SSSR count). The van der Waals surface area contributed by atoms with Gasteiger partial charge in [0.05, 0.1) is 18.2 Å². The van der Waals surface area contributed by atoms with Gasteiger partial charge in [-0.05, 0) is 80.0 Å². The quantitative estimate of drug-likeness (QED) is 0.315. The van der Waals surface area contributed by atoms with Gasteiger partial charge in [0.25, 0.3) is 5.91 Å². The van der Waals surface area contributed by atoms with Crippen molar-refractivity contribution < 1.29 is 19.1 Å². The molecule has 9 nitrogen and oxygen atoms in total. The van der Waals surface area contributed by atoms with Crippen LogP contribution in [-0.4, -0.2) is 41.0 Å². The van der Waals surface area contributed by atoms with E-state index in [0.717, 1.165) is 19.3 Å². The van der Waals surface area contributed by atoms with E-state index in [-0.39, 0.29) is 24.3 Å². The van der Waals surface area contributed by atoms with E-state index in [0.29, 0.717) is 58.4 Å². The van der Waals surface area contributed by atoms with Crippen molar-refractivity contribution in [2.24, 2.45) is 0 Å². The minimum atomic E-state index is -0.621. The Morgan fingerprint density at radius 2 is 1.95 bits per heavy atom. The van der Waals surface area contributed by atoms with Gasteiger partial charge in [-0.2, -0.15) is 0 Å². The van der Waals surface area contributed by atoms with Crippen molar-refractivity contribution in [2.75, 3.05) is 17.7 Å². The first-order valence-electron chi connectivity index (χ1n) is 13.5. The Hall–Kier alpha value is -4.11. The summed E-state index contributed by atoms with van der Waals surface area (Å²) in [5.41, 5.74) is 4.84.